The second-order valence-electron chi connectivity index (χ2n) is 5.34. The maximum Gasteiger partial charge on any atom is 0.224 e. The van der Waals surface area contributed by atoms with Crippen molar-refractivity contribution in [2.75, 3.05) is 6.61 Å². The Bertz CT molecular complexity index is 386. The van der Waals surface area contributed by atoms with E-state index < -0.39 is 0 Å². The fraction of sp³-hybridized carbons (Fsp3) is 0.600. The van der Waals surface area contributed by atoms with Crippen LogP contribution in [0.3, 0.4) is 0 Å². The Morgan fingerprint density at radius 3 is 2.79 bits per heavy atom. The highest BCUT2D eigenvalue weighted by Gasteiger charge is 2.21. The van der Waals surface area contributed by atoms with Crippen LogP contribution in [0.2, 0.25) is 0 Å². The molecule has 1 saturated carbocycles. The zero-order valence-corrected chi connectivity index (χ0v) is 11.2. The second-order valence-corrected chi connectivity index (χ2v) is 5.34. The van der Waals surface area contributed by atoms with Gasteiger partial charge in [0.25, 0.3) is 0 Å². The predicted molar refractivity (Wildman–Crippen MR) is 73.5 cm³/mol. The van der Waals surface area contributed by atoms with Crippen LogP contribution in [0.25, 0.3) is 0 Å². The van der Waals surface area contributed by atoms with E-state index in [1.165, 1.54) is 0 Å². The summed E-state index contributed by atoms with van der Waals surface area (Å²) in [4.78, 5) is 15.9. The lowest BCUT2D eigenvalue weighted by molar-refractivity contribution is -0.121. The molecule has 0 bridgehead atoms. The molecule has 0 spiro atoms. The summed E-state index contributed by atoms with van der Waals surface area (Å²) in [6.45, 7) is 0.280. The summed E-state index contributed by atoms with van der Waals surface area (Å²) >= 11 is 0. The lowest BCUT2D eigenvalue weighted by Gasteiger charge is -2.28. The number of hydrogen-bond acceptors (Lipinski definition) is 3. The first-order valence-electron chi connectivity index (χ1n) is 7.07. The van der Waals surface area contributed by atoms with Crippen LogP contribution in [0.4, 0.5) is 0 Å². The van der Waals surface area contributed by atoms with E-state index in [4.69, 9.17) is 5.11 Å². The summed E-state index contributed by atoms with van der Waals surface area (Å²) in [5.74, 6) is 0.718. The van der Waals surface area contributed by atoms with E-state index in [0.717, 1.165) is 37.7 Å². The minimum Gasteiger partial charge on any atom is -0.396 e. The lowest BCUT2D eigenvalue weighted by atomic mass is 9.84. The summed E-state index contributed by atoms with van der Waals surface area (Å²) in [5, 5.41) is 12.0. The van der Waals surface area contributed by atoms with Crippen LogP contribution in [0.1, 0.15) is 37.7 Å². The van der Waals surface area contributed by atoms with E-state index >= 15 is 0 Å². The van der Waals surface area contributed by atoms with Crippen molar-refractivity contribution in [3.8, 4) is 0 Å². The summed E-state index contributed by atoms with van der Waals surface area (Å²) in [7, 11) is 0. The predicted octanol–water partition coefficient (Wildman–Crippen LogP) is 1.68. The van der Waals surface area contributed by atoms with Gasteiger partial charge in [-0.1, -0.05) is 6.07 Å². The van der Waals surface area contributed by atoms with Gasteiger partial charge in [-0.25, -0.2) is 0 Å². The molecule has 0 saturated heterocycles. The normalized spacial score (nSPS) is 23.0. The molecular formula is C15H22N2O2. The van der Waals surface area contributed by atoms with E-state index in [2.05, 4.69) is 10.3 Å². The summed E-state index contributed by atoms with van der Waals surface area (Å²) in [6, 6.07) is 4.08. The van der Waals surface area contributed by atoms with Gasteiger partial charge in [-0.15, -0.1) is 0 Å². The number of nitrogens with one attached hydrogen (secondary N) is 1. The molecule has 1 amide bonds. The largest absolute Gasteiger partial charge is 0.396 e. The van der Waals surface area contributed by atoms with Crippen LogP contribution < -0.4 is 5.32 Å². The maximum atomic E-state index is 11.9. The van der Waals surface area contributed by atoms with Crippen LogP contribution in [0.15, 0.2) is 24.5 Å². The van der Waals surface area contributed by atoms with Gasteiger partial charge in [0.15, 0.2) is 0 Å². The molecule has 1 aromatic heterocycles. The van der Waals surface area contributed by atoms with Crippen molar-refractivity contribution in [3.05, 3.63) is 30.1 Å². The van der Waals surface area contributed by atoms with Crippen molar-refractivity contribution < 1.29 is 9.90 Å². The van der Waals surface area contributed by atoms with Crippen LogP contribution in [-0.4, -0.2) is 28.6 Å². The molecule has 1 heterocycles. The van der Waals surface area contributed by atoms with Gasteiger partial charge < -0.3 is 10.4 Å². The average Bonchev–Trinajstić information content (AvgIpc) is 2.42. The molecule has 2 N–H and O–H groups in total. The van der Waals surface area contributed by atoms with Crippen molar-refractivity contribution in [1.29, 1.82) is 0 Å². The van der Waals surface area contributed by atoms with E-state index in [1.54, 1.807) is 12.4 Å². The second kappa shape index (κ2) is 7.24. The lowest BCUT2D eigenvalue weighted by Crippen LogP contribution is -2.38. The molecule has 1 aliphatic rings. The van der Waals surface area contributed by atoms with Gasteiger partial charge in [0.2, 0.25) is 5.91 Å². The summed E-state index contributed by atoms with van der Waals surface area (Å²) in [5.41, 5.74) is 0.953. The van der Waals surface area contributed by atoms with Crippen molar-refractivity contribution in [2.45, 2.75) is 44.6 Å². The Kier molecular flexibility index (Phi) is 5.33. The van der Waals surface area contributed by atoms with Crippen LogP contribution in [0, 0.1) is 5.92 Å². The minimum atomic E-state index is 0.0820. The molecular weight excluding hydrogens is 240 g/mol. The quantitative estimate of drug-likeness (QED) is 0.848. The number of pyridine rings is 1. The number of nitrogens with zero attached hydrogens (tertiary/aromatic N) is 1. The molecule has 1 aliphatic carbocycles. The number of rotatable bonds is 5. The number of hydrogen-bond donors (Lipinski definition) is 2. The smallest absolute Gasteiger partial charge is 0.224 e. The minimum absolute atomic E-state index is 0.0820. The standard InChI is InChI=1S/C15H22N2O2/c18-9-7-12-3-5-14(6-4-12)17-15(19)10-13-2-1-8-16-11-13/h1-2,8,11-12,14,18H,3-7,9-10H2,(H,17,19). The highest BCUT2D eigenvalue weighted by atomic mass is 16.3. The van der Waals surface area contributed by atoms with Crippen molar-refractivity contribution in [2.24, 2.45) is 5.92 Å². The number of aromatic nitrogens is 1. The van der Waals surface area contributed by atoms with Gasteiger partial charge in [-0.3, -0.25) is 9.78 Å². The Morgan fingerprint density at radius 2 is 2.16 bits per heavy atom. The molecule has 0 aromatic carbocycles. The number of carbonyl (C=O) groups excluding carboxylic acids is 1. The van der Waals surface area contributed by atoms with E-state index in [1.807, 2.05) is 12.1 Å². The fourth-order valence-electron chi connectivity index (χ4n) is 2.74. The van der Waals surface area contributed by atoms with Crippen molar-refractivity contribution in [1.82, 2.24) is 10.3 Å². The topological polar surface area (TPSA) is 62.2 Å². The highest BCUT2D eigenvalue weighted by molar-refractivity contribution is 5.78. The number of amides is 1. The third-order valence-corrected chi connectivity index (χ3v) is 3.84. The third-order valence-electron chi connectivity index (χ3n) is 3.84. The molecule has 0 aliphatic heterocycles. The number of aliphatic hydroxyl groups excluding tert-OH is 1. The molecule has 4 nitrogen and oxygen atoms in total. The van der Waals surface area contributed by atoms with Gasteiger partial charge in [0.05, 0.1) is 6.42 Å². The van der Waals surface area contributed by atoms with Crippen molar-refractivity contribution >= 4 is 5.91 Å². The molecule has 2 rings (SSSR count). The molecule has 0 radical (unpaired) electrons. The maximum absolute atomic E-state index is 11.9. The van der Waals surface area contributed by atoms with Gasteiger partial charge in [-0.2, -0.15) is 0 Å². The van der Waals surface area contributed by atoms with E-state index in [9.17, 15) is 4.79 Å². The first kappa shape index (κ1) is 14.0. The zero-order valence-electron chi connectivity index (χ0n) is 11.2. The van der Waals surface area contributed by atoms with Gasteiger partial charge in [0, 0.05) is 25.0 Å². The first-order valence-corrected chi connectivity index (χ1v) is 7.07. The number of aliphatic hydroxyl groups is 1. The Hall–Kier alpha value is -1.42. The van der Waals surface area contributed by atoms with Crippen LogP contribution in [-0.2, 0) is 11.2 Å². The number of carbonyl (C=O) groups is 1. The Morgan fingerprint density at radius 1 is 1.37 bits per heavy atom. The van der Waals surface area contributed by atoms with Crippen LogP contribution in [0.5, 0.6) is 0 Å². The highest BCUT2D eigenvalue weighted by Crippen LogP contribution is 2.26. The molecule has 4 heteroatoms. The van der Waals surface area contributed by atoms with Gasteiger partial charge >= 0.3 is 0 Å². The zero-order chi connectivity index (χ0) is 13.5. The fourth-order valence-corrected chi connectivity index (χ4v) is 2.74. The van der Waals surface area contributed by atoms with E-state index in [-0.39, 0.29) is 12.5 Å². The summed E-state index contributed by atoms with van der Waals surface area (Å²) < 4.78 is 0. The molecule has 104 valence electrons. The average molecular weight is 262 g/mol. The molecule has 1 aromatic rings. The molecule has 0 unspecified atom stereocenters. The van der Waals surface area contributed by atoms with Gasteiger partial charge in [0.1, 0.15) is 0 Å². The SMILES string of the molecule is O=C(Cc1cccnc1)NC1CCC(CCO)CC1. The molecule has 0 atom stereocenters. The molecule has 19 heavy (non-hydrogen) atoms. The molecule has 1 fully saturated rings. The van der Waals surface area contributed by atoms with Crippen LogP contribution >= 0.6 is 0 Å². The van der Waals surface area contributed by atoms with E-state index in [0.29, 0.717) is 18.4 Å². The van der Waals surface area contributed by atoms with Crippen molar-refractivity contribution in [3.63, 3.8) is 0 Å². The summed E-state index contributed by atoms with van der Waals surface area (Å²) in [6.07, 6.45) is 9.03. The Balaban J connectivity index is 1.72. The third kappa shape index (κ3) is 4.63. The first-order chi connectivity index (χ1) is 9.28. The monoisotopic (exact) mass is 262 g/mol. The Labute approximate surface area is 114 Å². The van der Waals surface area contributed by atoms with Gasteiger partial charge in [-0.05, 0) is 49.7 Å².